The van der Waals surface area contributed by atoms with Crippen LogP contribution in [0, 0.1) is 5.92 Å². The molecule has 1 unspecified atom stereocenters. The maximum Gasteiger partial charge on any atom is 0.0773 e. The topological polar surface area (TPSA) is 38.0 Å². The molecule has 1 aromatic rings. The summed E-state index contributed by atoms with van der Waals surface area (Å²) in [7, 11) is 0. The molecule has 0 spiro atoms. The summed E-state index contributed by atoms with van der Waals surface area (Å²) in [6.45, 7) is 12.1. The van der Waals surface area contributed by atoms with Gasteiger partial charge < -0.3 is 11.1 Å². The highest BCUT2D eigenvalue weighted by Gasteiger charge is 2.11. The van der Waals surface area contributed by atoms with Crippen molar-refractivity contribution in [3.63, 3.8) is 0 Å². The lowest BCUT2D eigenvalue weighted by atomic mass is 9.95. The van der Waals surface area contributed by atoms with E-state index in [1.807, 2.05) is 56.3 Å². The standard InChI is InChI=1S/C20H27ClN2S.C2H6/c1-5-17(10-9-13-21)14-15(2)19(22)16(3)20(24-4)23-18-11-7-6-8-12-18;1-2/h5-9,11-13,17,23H,1,10,14,22H2,2-4H3;1-2H3/b13-9+,19-15-,20-16-;. The van der Waals surface area contributed by atoms with Crippen molar-refractivity contribution in [2.24, 2.45) is 11.7 Å². The normalized spacial score (nSPS) is 13.9. The summed E-state index contributed by atoms with van der Waals surface area (Å²) in [5.74, 6) is 0.339. The quantitative estimate of drug-likeness (QED) is 0.342. The first-order valence-electron chi connectivity index (χ1n) is 8.93. The zero-order chi connectivity index (χ0) is 19.9. The molecule has 2 nitrogen and oxygen atoms in total. The number of benzene rings is 1. The number of anilines is 1. The van der Waals surface area contributed by atoms with Crippen LogP contribution in [-0.2, 0) is 0 Å². The number of para-hydroxylation sites is 1. The van der Waals surface area contributed by atoms with Crippen LogP contribution < -0.4 is 11.1 Å². The molecule has 0 aliphatic heterocycles. The highest BCUT2D eigenvalue weighted by Crippen LogP contribution is 2.26. The van der Waals surface area contributed by atoms with Gasteiger partial charge in [-0.05, 0) is 56.6 Å². The van der Waals surface area contributed by atoms with Crippen LogP contribution in [-0.4, -0.2) is 6.26 Å². The van der Waals surface area contributed by atoms with Gasteiger partial charge in [-0.15, -0.1) is 18.3 Å². The summed E-state index contributed by atoms with van der Waals surface area (Å²) in [5.41, 5.74) is 12.1. The molecular weight excluding hydrogens is 360 g/mol. The second-order valence-corrected chi connectivity index (χ2v) is 6.71. The number of thioether (sulfide) groups is 1. The lowest BCUT2D eigenvalue weighted by molar-refractivity contribution is 0.652. The number of hydrogen-bond donors (Lipinski definition) is 2. The molecule has 26 heavy (non-hydrogen) atoms. The fourth-order valence-electron chi connectivity index (χ4n) is 2.39. The molecule has 4 heteroatoms. The van der Waals surface area contributed by atoms with Gasteiger partial charge in [0.15, 0.2) is 0 Å². The highest BCUT2D eigenvalue weighted by atomic mass is 35.5. The van der Waals surface area contributed by atoms with Gasteiger partial charge in [0, 0.05) is 22.5 Å². The number of allylic oxidation sites excluding steroid dienone is 4. The Labute approximate surface area is 169 Å². The van der Waals surface area contributed by atoms with E-state index in [-0.39, 0.29) is 0 Å². The van der Waals surface area contributed by atoms with E-state index in [2.05, 4.69) is 32.0 Å². The van der Waals surface area contributed by atoms with Gasteiger partial charge in [0.05, 0.1) is 5.03 Å². The molecule has 0 fully saturated rings. The summed E-state index contributed by atoms with van der Waals surface area (Å²) < 4.78 is 0. The van der Waals surface area contributed by atoms with E-state index in [1.54, 1.807) is 17.3 Å². The van der Waals surface area contributed by atoms with Crippen molar-refractivity contribution < 1.29 is 0 Å². The van der Waals surface area contributed by atoms with Gasteiger partial charge in [0.1, 0.15) is 0 Å². The molecule has 0 radical (unpaired) electrons. The van der Waals surface area contributed by atoms with Crippen LogP contribution in [0.3, 0.4) is 0 Å². The van der Waals surface area contributed by atoms with Crippen molar-refractivity contribution in [1.29, 1.82) is 0 Å². The van der Waals surface area contributed by atoms with Crippen molar-refractivity contribution in [1.82, 2.24) is 0 Å². The minimum atomic E-state index is 0.339. The van der Waals surface area contributed by atoms with Crippen molar-refractivity contribution in [2.75, 3.05) is 11.6 Å². The Hall–Kier alpha value is -1.58. The van der Waals surface area contributed by atoms with Crippen LogP contribution in [0.25, 0.3) is 0 Å². The SMILES string of the molecule is C=CC(C/C=C/Cl)C/C(C)=C(N)/C(C)=C(/Nc1ccccc1)SC.CC. The van der Waals surface area contributed by atoms with Gasteiger partial charge in [-0.1, -0.05) is 55.8 Å². The van der Waals surface area contributed by atoms with Crippen LogP contribution in [0.15, 0.2) is 76.5 Å². The third-order valence-electron chi connectivity index (χ3n) is 3.87. The molecule has 1 atom stereocenters. The van der Waals surface area contributed by atoms with Crippen molar-refractivity contribution >= 4 is 29.1 Å². The zero-order valence-corrected chi connectivity index (χ0v) is 18.3. The van der Waals surface area contributed by atoms with Crippen molar-refractivity contribution in [3.05, 3.63) is 76.5 Å². The number of rotatable bonds is 9. The second kappa shape index (κ2) is 14.6. The van der Waals surface area contributed by atoms with E-state index in [4.69, 9.17) is 17.3 Å². The Bertz CT molecular complexity index is 618. The first-order valence-corrected chi connectivity index (χ1v) is 10.6. The minimum absolute atomic E-state index is 0.339. The van der Waals surface area contributed by atoms with Gasteiger partial charge in [0.2, 0.25) is 0 Å². The minimum Gasteiger partial charge on any atom is -0.398 e. The fourth-order valence-corrected chi connectivity index (χ4v) is 3.12. The molecule has 0 saturated heterocycles. The summed E-state index contributed by atoms with van der Waals surface area (Å²) in [6.07, 6.45) is 7.71. The molecule has 144 valence electrons. The average Bonchev–Trinajstić information content (AvgIpc) is 2.70. The first kappa shape index (κ1) is 24.4. The van der Waals surface area contributed by atoms with Gasteiger partial charge in [-0.25, -0.2) is 0 Å². The van der Waals surface area contributed by atoms with E-state index < -0.39 is 0 Å². The Morgan fingerprint density at radius 2 is 1.88 bits per heavy atom. The number of nitrogens with two attached hydrogens (primary N) is 1. The highest BCUT2D eigenvalue weighted by molar-refractivity contribution is 8.02. The molecule has 3 N–H and O–H groups in total. The maximum absolute atomic E-state index is 6.41. The van der Waals surface area contributed by atoms with Gasteiger partial charge in [0.25, 0.3) is 0 Å². The average molecular weight is 393 g/mol. The Morgan fingerprint density at radius 3 is 2.38 bits per heavy atom. The number of hydrogen-bond acceptors (Lipinski definition) is 3. The molecule has 0 bridgehead atoms. The van der Waals surface area contributed by atoms with Gasteiger partial charge >= 0.3 is 0 Å². The third-order valence-corrected chi connectivity index (χ3v) is 4.86. The van der Waals surface area contributed by atoms with E-state index in [9.17, 15) is 0 Å². The van der Waals surface area contributed by atoms with Crippen LogP contribution in [0.2, 0.25) is 0 Å². The summed E-state index contributed by atoms with van der Waals surface area (Å²) >= 11 is 7.28. The van der Waals surface area contributed by atoms with Crippen LogP contribution in [0.5, 0.6) is 0 Å². The maximum atomic E-state index is 6.41. The fraction of sp³-hybridized carbons (Fsp3) is 0.364. The van der Waals surface area contributed by atoms with E-state index >= 15 is 0 Å². The molecule has 0 aliphatic carbocycles. The predicted molar refractivity (Wildman–Crippen MR) is 122 cm³/mol. The lowest BCUT2D eigenvalue weighted by Crippen LogP contribution is -2.09. The smallest absolute Gasteiger partial charge is 0.0773 e. The van der Waals surface area contributed by atoms with Crippen molar-refractivity contribution in [2.45, 2.75) is 40.5 Å². The van der Waals surface area contributed by atoms with E-state index in [0.29, 0.717) is 5.92 Å². The monoisotopic (exact) mass is 392 g/mol. The lowest BCUT2D eigenvalue weighted by Gasteiger charge is -2.17. The largest absolute Gasteiger partial charge is 0.398 e. The Balaban J connectivity index is 0.00000301. The van der Waals surface area contributed by atoms with Crippen LogP contribution in [0.1, 0.15) is 40.5 Å². The Kier molecular flexibility index (Phi) is 13.7. The third kappa shape index (κ3) is 8.68. The summed E-state index contributed by atoms with van der Waals surface area (Å²) in [5, 5.41) is 4.51. The number of nitrogens with one attached hydrogen (secondary N) is 1. The predicted octanol–water partition coefficient (Wildman–Crippen LogP) is 7.29. The molecule has 0 aliphatic rings. The molecule has 0 aromatic heterocycles. The number of halogens is 1. The van der Waals surface area contributed by atoms with Crippen molar-refractivity contribution in [3.8, 4) is 0 Å². The molecule has 0 heterocycles. The molecule has 0 saturated carbocycles. The van der Waals surface area contributed by atoms with Crippen LogP contribution in [0.4, 0.5) is 5.69 Å². The second-order valence-electron chi connectivity index (χ2n) is 5.64. The molecular formula is C22H33ClN2S. The zero-order valence-electron chi connectivity index (χ0n) is 16.7. The molecule has 1 rings (SSSR count). The van der Waals surface area contributed by atoms with Crippen LogP contribution >= 0.6 is 23.4 Å². The molecule has 0 amide bonds. The summed E-state index contributed by atoms with van der Waals surface area (Å²) in [6, 6.07) is 10.1. The first-order chi connectivity index (χ1) is 12.5. The Morgan fingerprint density at radius 1 is 1.27 bits per heavy atom. The van der Waals surface area contributed by atoms with Gasteiger partial charge in [-0.3, -0.25) is 0 Å². The molecule has 1 aromatic carbocycles. The van der Waals surface area contributed by atoms with E-state index in [1.165, 1.54) is 5.57 Å². The van der Waals surface area contributed by atoms with Gasteiger partial charge in [-0.2, -0.15) is 0 Å². The summed E-state index contributed by atoms with van der Waals surface area (Å²) in [4.78, 5) is 0. The van der Waals surface area contributed by atoms with E-state index in [0.717, 1.165) is 34.8 Å².